The van der Waals surface area contributed by atoms with Gasteiger partial charge in [-0.15, -0.1) is 0 Å². The third-order valence-electron chi connectivity index (χ3n) is 4.15. The fraction of sp³-hybridized carbons (Fsp3) is 0.857. The standard InChI is InChI=1S/C14H26N2O3/c1-5-7-14(12(17)18)8-6-9-16(14)13(19)15-11(4)10(2)3/h10-11H,5-9H2,1-4H3,(H,15,19)(H,17,18). The van der Waals surface area contributed by atoms with Crippen molar-refractivity contribution in [2.45, 2.75) is 65.0 Å². The molecule has 110 valence electrons. The lowest BCUT2D eigenvalue weighted by molar-refractivity contribution is -0.148. The van der Waals surface area contributed by atoms with Crippen molar-refractivity contribution in [3.05, 3.63) is 0 Å². The van der Waals surface area contributed by atoms with Gasteiger partial charge in [0.2, 0.25) is 0 Å². The van der Waals surface area contributed by atoms with Gasteiger partial charge in [0.15, 0.2) is 0 Å². The van der Waals surface area contributed by atoms with Crippen LogP contribution in [0.25, 0.3) is 0 Å². The predicted molar refractivity (Wildman–Crippen MR) is 74.0 cm³/mol. The minimum absolute atomic E-state index is 0.0428. The Kier molecular flexibility index (Phi) is 5.20. The molecule has 2 atom stereocenters. The van der Waals surface area contributed by atoms with E-state index in [0.717, 1.165) is 12.8 Å². The van der Waals surface area contributed by atoms with Gasteiger partial charge in [0.05, 0.1) is 0 Å². The van der Waals surface area contributed by atoms with Crippen LogP contribution in [0.1, 0.15) is 53.4 Å². The van der Waals surface area contributed by atoms with Gasteiger partial charge in [-0.25, -0.2) is 9.59 Å². The molecule has 0 bridgehead atoms. The normalized spacial score (nSPS) is 24.6. The molecule has 0 saturated carbocycles. The van der Waals surface area contributed by atoms with E-state index in [1.165, 1.54) is 4.90 Å². The molecule has 2 N–H and O–H groups in total. The fourth-order valence-electron chi connectivity index (χ4n) is 2.62. The third kappa shape index (κ3) is 3.19. The van der Waals surface area contributed by atoms with E-state index >= 15 is 0 Å². The van der Waals surface area contributed by atoms with E-state index in [2.05, 4.69) is 5.32 Å². The molecular weight excluding hydrogens is 244 g/mol. The van der Waals surface area contributed by atoms with Gasteiger partial charge in [-0.05, 0) is 32.1 Å². The molecule has 0 aromatic carbocycles. The van der Waals surface area contributed by atoms with E-state index in [-0.39, 0.29) is 12.1 Å². The van der Waals surface area contributed by atoms with E-state index in [1.54, 1.807) is 0 Å². The second-order valence-electron chi connectivity index (χ2n) is 5.82. The lowest BCUT2D eigenvalue weighted by Gasteiger charge is -2.35. The summed E-state index contributed by atoms with van der Waals surface area (Å²) >= 11 is 0. The number of carbonyl (C=O) groups excluding carboxylic acids is 1. The van der Waals surface area contributed by atoms with Crippen LogP contribution in [-0.2, 0) is 4.79 Å². The summed E-state index contributed by atoms with van der Waals surface area (Å²) < 4.78 is 0. The van der Waals surface area contributed by atoms with Crippen molar-refractivity contribution in [3.63, 3.8) is 0 Å². The van der Waals surface area contributed by atoms with Gasteiger partial charge in [-0.3, -0.25) is 0 Å². The molecule has 2 amide bonds. The summed E-state index contributed by atoms with van der Waals surface area (Å²) in [4.78, 5) is 25.5. The van der Waals surface area contributed by atoms with Crippen molar-refractivity contribution in [1.82, 2.24) is 10.2 Å². The van der Waals surface area contributed by atoms with E-state index in [4.69, 9.17) is 0 Å². The predicted octanol–water partition coefficient (Wildman–Crippen LogP) is 2.46. The van der Waals surface area contributed by atoms with Crippen LogP contribution in [0, 0.1) is 5.92 Å². The fourth-order valence-corrected chi connectivity index (χ4v) is 2.62. The molecule has 1 saturated heterocycles. The average Bonchev–Trinajstić information content (AvgIpc) is 2.74. The number of hydrogen-bond acceptors (Lipinski definition) is 2. The third-order valence-corrected chi connectivity index (χ3v) is 4.15. The summed E-state index contributed by atoms with van der Waals surface area (Å²) in [5.74, 6) is -0.545. The average molecular weight is 270 g/mol. The number of rotatable bonds is 5. The Labute approximate surface area is 115 Å². The molecule has 5 nitrogen and oxygen atoms in total. The summed E-state index contributed by atoms with van der Waals surface area (Å²) in [6.45, 7) is 8.50. The molecule has 1 aliphatic heterocycles. The summed E-state index contributed by atoms with van der Waals surface area (Å²) in [6, 6.07) is -0.198. The zero-order chi connectivity index (χ0) is 14.6. The monoisotopic (exact) mass is 270 g/mol. The Bertz CT molecular complexity index is 344. The topological polar surface area (TPSA) is 69.6 Å². The van der Waals surface area contributed by atoms with Crippen molar-refractivity contribution in [2.75, 3.05) is 6.54 Å². The number of carboxylic acids is 1. The lowest BCUT2D eigenvalue weighted by atomic mass is 9.91. The Hall–Kier alpha value is -1.26. The minimum Gasteiger partial charge on any atom is -0.479 e. The van der Waals surface area contributed by atoms with Crippen molar-refractivity contribution >= 4 is 12.0 Å². The van der Waals surface area contributed by atoms with Crippen LogP contribution in [0.15, 0.2) is 0 Å². The zero-order valence-corrected chi connectivity index (χ0v) is 12.4. The molecule has 0 radical (unpaired) electrons. The second-order valence-corrected chi connectivity index (χ2v) is 5.82. The maximum absolute atomic E-state index is 12.3. The highest BCUT2D eigenvalue weighted by atomic mass is 16.4. The van der Waals surface area contributed by atoms with Crippen LogP contribution in [0.2, 0.25) is 0 Å². The maximum Gasteiger partial charge on any atom is 0.329 e. The van der Waals surface area contributed by atoms with Gasteiger partial charge in [0.1, 0.15) is 5.54 Å². The number of nitrogens with zero attached hydrogens (tertiary/aromatic N) is 1. The lowest BCUT2D eigenvalue weighted by Crippen LogP contribution is -2.57. The van der Waals surface area contributed by atoms with Gasteiger partial charge in [-0.1, -0.05) is 27.2 Å². The summed E-state index contributed by atoms with van der Waals surface area (Å²) in [5, 5.41) is 12.4. The van der Waals surface area contributed by atoms with E-state index in [9.17, 15) is 14.7 Å². The smallest absolute Gasteiger partial charge is 0.329 e. The summed E-state index contributed by atoms with van der Waals surface area (Å²) in [6.07, 6.45) is 2.59. The van der Waals surface area contributed by atoms with Gasteiger partial charge in [0, 0.05) is 12.6 Å². The van der Waals surface area contributed by atoms with Gasteiger partial charge >= 0.3 is 12.0 Å². The molecule has 19 heavy (non-hydrogen) atoms. The van der Waals surface area contributed by atoms with Crippen molar-refractivity contribution in [2.24, 2.45) is 5.92 Å². The number of nitrogens with one attached hydrogen (secondary N) is 1. The number of aliphatic carboxylic acids is 1. The van der Waals surface area contributed by atoms with Gasteiger partial charge < -0.3 is 15.3 Å². The van der Waals surface area contributed by atoms with Crippen LogP contribution >= 0.6 is 0 Å². The molecule has 0 aromatic rings. The molecular formula is C14H26N2O3. The highest BCUT2D eigenvalue weighted by Gasteiger charge is 2.49. The summed E-state index contributed by atoms with van der Waals surface area (Å²) in [5.41, 5.74) is -1.00. The van der Waals surface area contributed by atoms with Crippen LogP contribution in [0.5, 0.6) is 0 Å². The Morgan fingerprint density at radius 1 is 1.37 bits per heavy atom. The first-order chi connectivity index (χ1) is 8.85. The molecule has 2 unspecified atom stereocenters. The van der Waals surface area contributed by atoms with E-state index < -0.39 is 11.5 Å². The Morgan fingerprint density at radius 2 is 2.00 bits per heavy atom. The van der Waals surface area contributed by atoms with E-state index in [1.807, 2.05) is 27.7 Å². The number of carboxylic acid groups (broad SMARTS) is 1. The van der Waals surface area contributed by atoms with E-state index in [0.29, 0.717) is 25.3 Å². The Morgan fingerprint density at radius 3 is 2.47 bits per heavy atom. The van der Waals surface area contributed by atoms with Crippen LogP contribution in [-0.4, -0.2) is 40.1 Å². The number of carbonyl (C=O) groups is 2. The van der Waals surface area contributed by atoms with Crippen molar-refractivity contribution in [3.8, 4) is 0 Å². The number of urea groups is 1. The number of hydrogen-bond donors (Lipinski definition) is 2. The number of amides is 2. The SMILES string of the molecule is CCCC1(C(=O)O)CCCN1C(=O)NC(C)C(C)C. The van der Waals surface area contributed by atoms with Gasteiger partial charge in [-0.2, -0.15) is 0 Å². The van der Waals surface area contributed by atoms with Crippen LogP contribution in [0.4, 0.5) is 4.79 Å². The molecule has 1 aliphatic rings. The highest BCUT2D eigenvalue weighted by Crippen LogP contribution is 2.34. The van der Waals surface area contributed by atoms with Crippen molar-refractivity contribution < 1.29 is 14.7 Å². The first kappa shape index (κ1) is 15.8. The summed E-state index contributed by atoms with van der Waals surface area (Å²) in [7, 11) is 0. The first-order valence-electron chi connectivity index (χ1n) is 7.16. The maximum atomic E-state index is 12.3. The molecule has 0 aromatic heterocycles. The molecule has 0 spiro atoms. The second kappa shape index (κ2) is 6.26. The first-order valence-corrected chi connectivity index (χ1v) is 7.16. The van der Waals surface area contributed by atoms with Crippen LogP contribution in [0.3, 0.4) is 0 Å². The highest BCUT2D eigenvalue weighted by molar-refractivity contribution is 5.87. The van der Waals surface area contributed by atoms with Crippen molar-refractivity contribution in [1.29, 1.82) is 0 Å². The van der Waals surface area contributed by atoms with Crippen LogP contribution < -0.4 is 5.32 Å². The largest absolute Gasteiger partial charge is 0.479 e. The number of likely N-dealkylation sites (tertiary alicyclic amines) is 1. The molecule has 0 aliphatic carbocycles. The molecule has 1 rings (SSSR count). The molecule has 5 heteroatoms. The minimum atomic E-state index is -1.00. The molecule has 1 heterocycles. The Balaban J connectivity index is 2.85. The zero-order valence-electron chi connectivity index (χ0n) is 12.4. The quantitative estimate of drug-likeness (QED) is 0.806. The van der Waals surface area contributed by atoms with Gasteiger partial charge in [0.25, 0.3) is 0 Å². The molecule has 1 fully saturated rings.